The van der Waals surface area contributed by atoms with Crippen molar-refractivity contribution < 1.29 is 14.3 Å². The highest BCUT2D eigenvalue weighted by Gasteiger charge is 2.46. The van der Waals surface area contributed by atoms with E-state index in [2.05, 4.69) is 4.98 Å². The summed E-state index contributed by atoms with van der Waals surface area (Å²) >= 11 is 0. The molecule has 5 heteroatoms. The van der Waals surface area contributed by atoms with Gasteiger partial charge in [0.1, 0.15) is 5.69 Å². The molecule has 5 nitrogen and oxygen atoms in total. The first-order valence-electron chi connectivity index (χ1n) is 7.56. The number of nitrogens with zero attached hydrogens (tertiary/aromatic N) is 2. The number of hydrogen-bond donors (Lipinski definition) is 0. The first kappa shape index (κ1) is 14.5. The van der Waals surface area contributed by atoms with Gasteiger partial charge in [0.25, 0.3) is 5.91 Å². The molecule has 21 heavy (non-hydrogen) atoms. The van der Waals surface area contributed by atoms with E-state index in [0.717, 1.165) is 39.0 Å². The Morgan fingerprint density at radius 1 is 1.57 bits per heavy atom. The minimum Gasteiger partial charge on any atom is -0.385 e. The zero-order valence-corrected chi connectivity index (χ0v) is 12.5. The quantitative estimate of drug-likeness (QED) is 0.847. The minimum absolute atomic E-state index is 0.0106. The summed E-state index contributed by atoms with van der Waals surface area (Å²) in [5.41, 5.74) is 0.381. The number of carbonyl (C=O) groups excluding carboxylic acids is 1. The van der Waals surface area contributed by atoms with Gasteiger partial charge in [-0.2, -0.15) is 0 Å². The van der Waals surface area contributed by atoms with Gasteiger partial charge in [0.15, 0.2) is 0 Å². The number of methoxy groups -OCH3 is 1. The number of hydrogen-bond acceptors (Lipinski definition) is 4. The topological polar surface area (TPSA) is 51.7 Å². The van der Waals surface area contributed by atoms with Crippen LogP contribution >= 0.6 is 0 Å². The molecule has 1 amide bonds. The highest BCUT2D eigenvalue weighted by atomic mass is 16.5. The van der Waals surface area contributed by atoms with Crippen molar-refractivity contribution in [3.8, 4) is 0 Å². The van der Waals surface area contributed by atoms with E-state index < -0.39 is 0 Å². The first-order valence-corrected chi connectivity index (χ1v) is 7.56. The van der Waals surface area contributed by atoms with Gasteiger partial charge >= 0.3 is 0 Å². The molecule has 2 fully saturated rings. The van der Waals surface area contributed by atoms with Gasteiger partial charge < -0.3 is 14.4 Å². The average Bonchev–Trinajstić information content (AvgIpc) is 3.13. The van der Waals surface area contributed by atoms with Crippen LogP contribution in [0.5, 0.6) is 0 Å². The number of rotatable bonds is 4. The average molecular weight is 290 g/mol. The normalized spacial score (nSPS) is 28.4. The van der Waals surface area contributed by atoms with Crippen LogP contribution in [0.15, 0.2) is 24.4 Å². The van der Waals surface area contributed by atoms with Gasteiger partial charge in [-0.3, -0.25) is 9.78 Å². The number of carbonyl (C=O) groups is 1. The summed E-state index contributed by atoms with van der Waals surface area (Å²) in [4.78, 5) is 18.4. The van der Waals surface area contributed by atoms with Gasteiger partial charge in [0.2, 0.25) is 0 Å². The summed E-state index contributed by atoms with van der Waals surface area (Å²) in [5.74, 6) is 0.561. The molecule has 3 rings (SSSR count). The van der Waals surface area contributed by atoms with Crippen LogP contribution in [0.2, 0.25) is 0 Å². The Kier molecular flexibility index (Phi) is 4.22. The summed E-state index contributed by atoms with van der Waals surface area (Å²) in [6.07, 6.45) is 4.65. The maximum atomic E-state index is 12.4. The molecule has 0 aliphatic carbocycles. The monoisotopic (exact) mass is 290 g/mol. The number of amides is 1. The predicted molar refractivity (Wildman–Crippen MR) is 78.0 cm³/mol. The maximum absolute atomic E-state index is 12.4. The summed E-state index contributed by atoms with van der Waals surface area (Å²) in [5, 5.41) is 0. The molecule has 0 unspecified atom stereocenters. The van der Waals surface area contributed by atoms with Crippen molar-refractivity contribution in [3.05, 3.63) is 30.1 Å². The predicted octanol–water partition coefficient (Wildman–Crippen LogP) is 1.74. The maximum Gasteiger partial charge on any atom is 0.272 e. The van der Waals surface area contributed by atoms with Crippen molar-refractivity contribution in [1.29, 1.82) is 0 Å². The second kappa shape index (κ2) is 6.12. The van der Waals surface area contributed by atoms with Crippen molar-refractivity contribution >= 4 is 5.91 Å². The van der Waals surface area contributed by atoms with E-state index in [-0.39, 0.29) is 11.5 Å². The zero-order valence-electron chi connectivity index (χ0n) is 12.5. The van der Waals surface area contributed by atoms with Crippen LogP contribution in [-0.2, 0) is 9.47 Å². The summed E-state index contributed by atoms with van der Waals surface area (Å²) in [6.45, 7) is 3.01. The number of ether oxygens (including phenoxy) is 2. The van der Waals surface area contributed by atoms with E-state index in [1.807, 2.05) is 17.0 Å². The van der Waals surface area contributed by atoms with E-state index in [9.17, 15) is 4.79 Å². The lowest BCUT2D eigenvalue weighted by atomic mass is 9.92. The van der Waals surface area contributed by atoms with Gasteiger partial charge in [0, 0.05) is 26.5 Å². The van der Waals surface area contributed by atoms with Gasteiger partial charge in [-0.05, 0) is 37.3 Å². The third kappa shape index (κ3) is 3.09. The summed E-state index contributed by atoms with van der Waals surface area (Å²) in [6, 6.07) is 5.44. The van der Waals surface area contributed by atoms with Gasteiger partial charge in [-0.15, -0.1) is 0 Å². The zero-order chi connectivity index (χ0) is 14.7. The summed E-state index contributed by atoms with van der Waals surface area (Å²) in [7, 11) is 1.73. The van der Waals surface area contributed by atoms with Crippen LogP contribution in [0, 0.1) is 5.92 Å². The number of pyridine rings is 1. The van der Waals surface area contributed by atoms with Crippen molar-refractivity contribution in [3.63, 3.8) is 0 Å². The lowest BCUT2D eigenvalue weighted by Crippen LogP contribution is -2.36. The molecule has 0 radical (unpaired) electrons. The van der Waals surface area contributed by atoms with E-state index >= 15 is 0 Å². The first-order chi connectivity index (χ1) is 10.2. The molecule has 2 atom stereocenters. The Morgan fingerprint density at radius 3 is 3.24 bits per heavy atom. The fourth-order valence-electron chi connectivity index (χ4n) is 3.36. The lowest BCUT2D eigenvalue weighted by molar-refractivity contribution is 0.0112. The molecule has 1 aromatic rings. The Balaban J connectivity index is 1.60. The molecule has 1 aromatic heterocycles. The van der Waals surface area contributed by atoms with Gasteiger partial charge in [0.05, 0.1) is 18.8 Å². The molecule has 2 saturated heterocycles. The molecule has 2 aliphatic heterocycles. The Labute approximate surface area is 125 Å². The van der Waals surface area contributed by atoms with Crippen molar-refractivity contribution in [2.24, 2.45) is 5.92 Å². The number of likely N-dealkylation sites (tertiary alicyclic amines) is 1. The molecule has 2 aliphatic rings. The summed E-state index contributed by atoms with van der Waals surface area (Å²) < 4.78 is 11.2. The van der Waals surface area contributed by atoms with Crippen molar-refractivity contribution in [1.82, 2.24) is 9.88 Å². The lowest BCUT2D eigenvalue weighted by Gasteiger charge is -2.23. The second-order valence-electron chi connectivity index (χ2n) is 6.04. The van der Waals surface area contributed by atoms with Crippen molar-refractivity contribution in [2.45, 2.75) is 24.9 Å². The highest BCUT2D eigenvalue weighted by Crippen LogP contribution is 2.39. The Morgan fingerprint density at radius 2 is 2.48 bits per heavy atom. The molecular weight excluding hydrogens is 268 g/mol. The SMILES string of the molecule is COCC[C@@H]1CO[C@@]2(CCN(C(=O)c3ccccn3)C2)C1. The van der Waals surface area contributed by atoms with Crippen LogP contribution in [0.1, 0.15) is 29.8 Å². The Hall–Kier alpha value is -1.46. The molecule has 0 N–H and O–H groups in total. The van der Waals surface area contributed by atoms with Crippen LogP contribution < -0.4 is 0 Å². The third-order valence-electron chi connectivity index (χ3n) is 4.50. The van der Waals surface area contributed by atoms with Gasteiger partial charge in [-0.25, -0.2) is 0 Å². The van der Waals surface area contributed by atoms with E-state index in [4.69, 9.17) is 9.47 Å². The highest BCUT2D eigenvalue weighted by molar-refractivity contribution is 5.92. The molecular formula is C16H22N2O3. The third-order valence-corrected chi connectivity index (χ3v) is 4.50. The second-order valence-corrected chi connectivity index (χ2v) is 6.04. The smallest absolute Gasteiger partial charge is 0.272 e. The Bertz CT molecular complexity index is 494. The van der Waals surface area contributed by atoms with E-state index in [1.54, 1.807) is 19.4 Å². The molecule has 0 bridgehead atoms. The molecule has 0 saturated carbocycles. The van der Waals surface area contributed by atoms with Crippen molar-refractivity contribution in [2.75, 3.05) is 33.4 Å². The fraction of sp³-hybridized carbons (Fsp3) is 0.625. The van der Waals surface area contributed by atoms with Crippen LogP contribution in [0.4, 0.5) is 0 Å². The van der Waals surface area contributed by atoms with Gasteiger partial charge in [-0.1, -0.05) is 6.07 Å². The fourth-order valence-corrected chi connectivity index (χ4v) is 3.36. The standard InChI is InChI=1S/C16H22N2O3/c1-20-9-5-13-10-16(21-11-13)6-8-18(12-16)15(19)14-4-2-3-7-17-14/h2-4,7,13H,5-6,8-12H2,1H3/t13-,16-/m0/s1. The molecule has 1 spiro atoms. The minimum atomic E-state index is -0.136. The van der Waals surface area contributed by atoms with Crippen LogP contribution in [-0.4, -0.2) is 54.8 Å². The van der Waals surface area contributed by atoms with E-state index in [1.165, 1.54) is 0 Å². The molecule has 0 aromatic carbocycles. The van der Waals surface area contributed by atoms with Crippen LogP contribution in [0.3, 0.4) is 0 Å². The molecule has 114 valence electrons. The molecule has 3 heterocycles. The number of aromatic nitrogens is 1. The van der Waals surface area contributed by atoms with E-state index in [0.29, 0.717) is 18.2 Å². The largest absolute Gasteiger partial charge is 0.385 e. The van der Waals surface area contributed by atoms with Crippen LogP contribution in [0.25, 0.3) is 0 Å².